The lowest BCUT2D eigenvalue weighted by molar-refractivity contribution is 0.151. The topological polar surface area (TPSA) is 29.5 Å². The first-order chi connectivity index (χ1) is 9.39. The highest BCUT2D eigenvalue weighted by Crippen LogP contribution is 2.26. The lowest BCUT2D eigenvalue weighted by Gasteiger charge is -2.20. The van der Waals surface area contributed by atoms with Crippen molar-refractivity contribution >= 4 is 6.08 Å². The summed E-state index contributed by atoms with van der Waals surface area (Å²) in [6, 6.07) is 6.35. The Morgan fingerprint density at radius 1 is 1.30 bits per heavy atom. The molecule has 2 heteroatoms. The van der Waals surface area contributed by atoms with Gasteiger partial charge in [-0.3, -0.25) is 0 Å². The third kappa shape index (κ3) is 5.01. The lowest BCUT2D eigenvalue weighted by atomic mass is 9.89. The van der Waals surface area contributed by atoms with Crippen LogP contribution in [0.25, 0.3) is 6.08 Å². The molecule has 0 saturated carbocycles. The van der Waals surface area contributed by atoms with Crippen LogP contribution >= 0.6 is 0 Å². The van der Waals surface area contributed by atoms with Crippen LogP contribution in [-0.2, 0) is 0 Å². The minimum atomic E-state index is -0.00575. The van der Waals surface area contributed by atoms with E-state index in [-0.39, 0.29) is 12.0 Å². The summed E-state index contributed by atoms with van der Waals surface area (Å²) in [6.45, 7) is 8.78. The summed E-state index contributed by atoms with van der Waals surface area (Å²) in [5.41, 5.74) is 2.44. The van der Waals surface area contributed by atoms with Gasteiger partial charge < -0.3 is 9.84 Å². The molecule has 0 heterocycles. The molecule has 1 N–H and O–H groups in total. The van der Waals surface area contributed by atoms with Crippen LogP contribution in [0.3, 0.4) is 0 Å². The molecule has 0 fully saturated rings. The van der Waals surface area contributed by atoms with E-state index in [0.29, 0.717) is 5.92 Å². The number of methoxy groups -OCH3 is 1. The molecule has 0 bridgehead atoms. The lowest BCUT2D eigenvalue weighted by Crippen LogP contribution is -2.15. The SMILES string of the molecule is COc1ccc(C(C)C)cc1/C=C/CCC(C)(C)CO. The minimum absolute atomic E-state index is 0.00575. The van der Waals surface area contributed by atoms with E-state index < -0.39 is 0 Å². The van der Waals surface area contributed by atoms with Crippen molar-refractivity contribution < 1.29 is 9.84 Å². The molecule has 2 nitrogen and oxygen atoms in total. The van der Waals surface area contributed by atoms with E-state index >= 15 is 0 Å². The average Bonchev–Trinajstić information content (AvgIpc) is 2.43. The van der Waals surface area contributed by atoms with Gasteiger partial charge in [0, 0.05) is 12.2 Å². The molecule has 0 aliphatic rings. The van der Waals surface area contributed by atoms with Gasteiger partial charge in [-0.2, -0.15) is 0 Å². The normalized spacial score (nSPS) is 12.3. The fraction of sp³-hybridized carbons (Fsp3) is 0.556. The standard InChI is InChI=1S/C18H28O2/c1-14(2)15-9-10-17(20-5)16(12-15)8-6-7-11-18(3,4)13-19/h6,8-10,12,14,19H,7,11,13H2,1-5H3/b8-6+. The molecule has 0 radical (unpaired) electrons. The molecule has 0 amide bonds. The van der Waals surface area contributed by atoms with Crippen molar-refractivity contribution in [2.75, 3.05) is 13.7 Å². The van der Waals surface area contributed by atoms with E-state index in [2.05, 4.69) is 52.0 Å². The van der Waals surface area contributed by atoms with Crippen LogP contribution in [0.2, 0.25) is 0 Å². The number of allylic oxidation sites excluding steroid dienone is 1. The Morgan fingerprint density at radius 3 is 2.55 bits per heavy atom. The van der Waals surface area contributed by atoms with Gasteiger partial charge in [0.1, 0.15) is 5.75 Å². The van der Waals surface area contributed by atoms with Gasteiger partial charge >= 0.3 is 0 Å². The predicted octanol–water partition coefficient (Wildman–Crippen LogP) is 4.63. The Bertz CT molecular complexity index is 445. The molecular weight excluding hydrogens is 248 g/mol. The number of ether oxygens (including phenoxy) is 1. The maximum absolute atomic E-state index is 9.25. The van der Waals surface area contributed by atoms with Crippen LogP contribution in [0.1, 0.15) is 57.6 Å². The highest BCUT2D eigenvalue weighted by atomic mass is 16.5. The zero-order valence-electron chi connectivity index (χ0n) is 13.4. The fourth-order valence-electron chi connectivity index (χ4n) is 2.01. The molecule has 0 spiro atoms. The van der Waals surface area contributed by atoms with E-state index in [9.17, 15) is 5.11 Å². The van der Waals surface area contributed by atoms with Crippen molar-refractivity contribution in [3.8, 4) is 5.75 Å². The molecule has 0 aliphatic carbocycles. The Kier molecular flexibility index (Phi) is 6.28. The van der Waals surface area contributed by atoms with Gasteiger partial charge in [0.15, 0.2) is 0 Å². The second-order valence-corrected chi connectivity index (χ2v) is 6.42. The van der Waals surface area contributed by atoms with Crippen molar-refractivity contribution in [2.24, 2.45) is 5.41 Å². The van der Waals surface area contributed by atoms with Crippen LogP contribution in [0, 0.1) is 5.41 Å². The van der Waals surface area contributed by atoms with E-state index in [0.717, 1.165) is 24.2 Å². The summed E-state index contributed by atoms with van der Waals surface area (Å²) >= 11 is 0. The molecule has 112 valence electrons. The molecule has 1 aromatic rings. The second-order valence-electron chi connectivity index (χ2n) is 6.42. The molecule has 0 saturated heterocycles. The maximum Gasteiger partial charge on any atom is 0.126 e. The Hall–Kier alpha value is -1.28. The largest absolute Gasteiger partial charge is 0.496 e. The monoisotopic (exact) mass is 276 g/mol. The van der Waals surface area contributed by atoms with Gasteiger partial charge in [0.25, 0.3) is 0 Å². The number of rotatable bonds is 7. The molecule has 0 aromatic heterocycles. The Balaban J connectivity index is 2.77. The first-order valence-electron chi connectivity index (χ1n) is 7.35. The van der Waals surface area contributed by atoms with Crippen LogP contribution in [0.5, 0.6) is 5.75 Å². The van der Waals surface area contributed by atoms with Crippen LogP contribution in [0.15, 0.2) is 24.3 Å². The zero-order valence-corrected chi connectivity index (χ0v) is 13.4. The van der Waals surface area contributed by atoms with Gasteiger partial charge in [-0.15, -0.1) is 0 Å². The molecule has 0 atom stereocenters. The van der Waals surface area contributed by atoms with Gasteiger partial charge in [0.2, 0.25) is 0 Å². The number of hydrogen-bond acceptors (Lipinski definition) is 2. The van der Waals surface area contributed by atoms with Gasteiger partial charge in [-0.25, -0.2) is 0 Å². The smallest absolute Gasteiger partial charge is 0.126 e. The molecule has 0 aliphatic heterocycles. The van der Waals surface area contributed by atoms with Gasteiger partial charge in [-0.05, 0) is 41.9 Å². The summed E-state index contributed by atoms with van der Waals surface area (Å²) in [5, 5.41) is 9.25. The summed E-state index contributed by atoms with van der Waals surface area (Å²) in [7, 11) is 1.70. The third-order valence-electron chi connectivity index (χ3n) is 3.63. The molecule has 1 rings (SSSR count). The predicted molar refractivity (Wildman–Crippen MR) is 86.2 cm³/mol. The summed E-state index contributed by atoms with van der Waals surface area (Å²) in [5.74, 6) is 1.42. The van der Waals surface area contributed by atoms with Crippen molar-refractivity contribution in [3.05, 3.63) is 35.4 Å². The second kappa shape index (κ2) is 7.49. The summed E-state index contributed by atoms with van der Waals surface area (Å²) < 4.78 is 5.41. The molecular formula is C18H28O2. The van der Waals surface area contributed by atoms with E-state index in [1.54, 1.807) is 7.11 Å². The number of aliphatic hydroxyl groups is 1. The maximum atomic E-state index is 9.25. The molecule has 1 aromatic carbocycles. The van der Waals surface area contributed by atoms with Crippen LogP contribution in [0.4, 0.5) is 0 Å². The van der Waals surface area contributed by atoms with E-state index in [1.807, 2.05) is 6.07 Å². The first kappa shape index (κ1) is 16.8. The zero-order chi connectivity index (χ0) is 15.2. The third-order valence-corrected chi connectivity index (χ3v) is 3.63. The van der Waals surface area contributed by atoms with Crippen molar-refractivity contribution in [1.29, 1.82) is 0 Å². The van der Waals surface area contributed by atoms with E-state index in [4.69, 9.17) is 4.74 Å². The minimum Gasteiger partial charge on any atom is -0.496 e. The highest BCUT2D eigenvalue weighted by molar-refractivity contribution is 5.58. The summed E-state index contributed by atoms with van der Waals surface area (Å²) in [6.07, 6.45) is 6.23. The molecule has 20 heavy (non-hydrogen) atoms. The van der Waals surface area contributed by atoms with Crippen molar-refractivity contribution in [3.63, 3.8) is 0 Å². The number of aliphatic hydroxyl groups excluding tert-OH is 1. The number of benzene rings is 1. The van der Waals surface area contributed by atoms with Crippen molar-refractivity contribution in [1.82, 2.24) is 0 Å². The average molecular weight is 276 g/mol. The van der Waals surface area contributed by atoms with E-state index in [1.165, 1.54) is 5.56 Å². The van der Waals surface area contributed by atoms with Crippen LogP contribution < -0.4 is 4.74 Å². The Labute approximate surface area is 123 Å². The quantitative estimate of drug-likeness (QED) is 0.786. The highest BCUT2D eigenvalue weighted by Gasteiger charge is 2.14. The number of hydrogen-bond donors (Lipinski definition) is 1. The fourth-order valence-corrected chi connectivity index (χ4v) is 2.01. The Morgan fingerprint density at radius 2 is 2.00 bits per heavy atom. The first-order valence-corrected chi connectivity index (χ1v) is 7.35. The van der Waals surface area contributed by atoms with Crippen LogP contribution in [-0.4, -0.2) is 18.8 Å². The van der Waals surface area contributed by atoms with Gasteiger partial charge in [-0.1, -0.05) is 45.9 Å². The summed E-state index contributed by atoms with van der Waals surface area (Å²) in [4.78, 5) is 0. The van der Waals surface area contributed by atoms with Gasteiger partial charge in [0.05, 0.1) is 7.11 Å². The molecule has 0 unspecified atom stereocenters. The van der Waals surface area contributed by atoms with Crippen molar-refractivity contribution in [2.45, 2.75) is 46.5 Å².